The number of anilines is 2. The lowest BCUT2D eigenvalue weighted by Crippen LogP contribution is -2.45. The SMILES string of the molecule is CC(C(=O)Nc1cc(N)ccc1F)N(C)C1CCSC1. The number of hydrogen-bond acceptors (Lipinski definition) is 4. The fraction of sp³-hybridized carbons (Fsp3) is 0.500. The average molecular weight is 297 g/mol. The number of hydrogen-bond donors (Lipinski definition) is 2. The van der Waals surface area contributed by atoms with E-state index in [1.165, 1.54) is 18.2 Å². The minimum atomic E-state index is -0.473. The highest BCUT2D eigenvalue weighted by Gasteiger charge is 2.27. The molecule has 20 heavy (non-hydrogen) atoms. The van der Waals surface area contributed by atoms with Crippen molar-refractivity contribution in [3.63, 3.8) is 0 Å². The minimum absolute atomic E-state index is 0.135. The van der Waals surface area contributed by atoms with E-state index in [1.54, 1.807) is 0 Å². The standard InChI is InChI=1S/C14H20FN3OS/c1-9(18(2)11-5-6-20-8-11)14(19)17-13-7-10(16)3-4-12(13)15/h3-4,7,9,11H,5-6,8,16H2,1-2H3,(H,17,19). The molecule has 1 amide bonds. The maximum Gasteiger partial charge on any atom is 0.241 e. The van der Waals surface area contributed by atoms with Crippen molar-refractivity contribution in [3.05, 3.63) is 24.0 Å². The quantitative estimate of drug-likeness (QED) is 0.836. The Morgan fingerprint density at radius 2 is 2.35 bits per heavy atom. The molecule has 1 fully saturated rings. The molecular formula is C14H20FN3OS. The highest BCUT2D eigenvalue weighted by atomic mass is 32.2. The first-order valence-electron chi connectivity index (χ1n) is 6.64. The molecule has 0 aliphatic carbocycles. The summed E-state index contributed by atoms with van der Waals surface area (Å²) < 4.78 is 13.6. The van der Waals surface area contributed by atoms with Crippen molar-refractivity contribution in [2.75, 3.05) is 29.6 Å². The first-order chi connectivity index (χ1) is 9.49. The predicted molar refractivity (Wildman–Crippen MR) is 82.4 cm³/mol. The number of amides is 1. The molecule has 1 aliphatic rings. The van der Waals surface area contributed by atoms with Gasteiger partial charge in [-0.1, -0.05) is 0 Å². The van der Waals surface area contributed by atoms with Gasteiger partial charge >= 0.3 is 0 Å². The number of carbonyl (C=O) groups excluding carboxylic acids is 1. The van der Waals surface area contributed by atoms with Gasteiger partial charge in [-0.15, -0.1) is 0 Å². The lowest BCUT2D eigenvalue weighted by atomic mass is 10.1. The van der Waals surface area contributed by atoms with Gasteiger partial charge in [0.1, 0.15) is 5.82 Å². The van der Waals surface area contributed by atoms with E-state index in [0.29, 0.717) is 11.7 Å². The third-order valence-electron chi connectivity index (χ3n) is 3.72. The van der Waals surface area contributed by atoms with Crippen LogP contribution in [0.25, 0.3) is 0 Å². The Labute approximate surface area is 122 Å². The summed E-state index contributed by atoms with van der Waals surface area (Å²) in [6.07, 6.45) is 1.09. The van der Waals surface area contributed by atoms with E-state index in [9.17, 15) is 9.18 Å². The first kappa shape index (κ1) is 15.1. The van der Waals surface area contributed by atoms with Gasteiger partial charge in [0.05, 0.1) is 11.7 Å². The predicted octanol–water partition coefficient (Wildman–Crippen LogP) is 2.17. The second-order valence-corrected chi connectivity index (χ2v) is 6.24. The van der Waals surface area contributed by atoms with E-state index in [0.717, 1.165) is 17.9 Å². The Kier molecular flexibility index (Phi) is 4.88. The molecule has 0 aromatic heterocycles. The molecule has 110 valence electrons. The highest BCUT2D eigenvalue weighted by Crippen LogP contribution is 2.23. The molecule has 0 spiro atoms. The van der Waals surface area contributed by atoms with Crippen LogP contribution in [0.4, 0.5) is 15.8 Å². The van der Waals surface area contributed by atoms with Gasteiger partial charge in [-0.25, -0.2) is 4.39 Å². The first-order valence-corrected chi connectivity index (χ1v) is 7.80. The van der Waals surface area contributed by atoms with E-state index in [-0.39, 0.29) is 17.6 Å². The van der Waals surface area contributed by atoms with Gasteiger partial charge in [0.25, 0.3) is 0 Å². The summed E-state index contributed by atoms with van der Waals surface area (Å²) in [6.45, 7) is 1.84. The number of likely N-dealkylation sites (N-methyl/N-ethyl adjacent to an activating group) is 1. The summed E-state index contributed by atoms with van der Waals surface area (Å²) in [7, 11) is 1.94. The number of nitrogens with one attached hydrogen (secondary N) is 1. The molecular weight excluding hydrogens is 277 g/mol. The number of rotatable bonds is 4. The monoisotopic (exact) mass is 297 g/mol. The van der Waals surface area contributed by atoms with E-state index < -0.39 is 5.82 Å². The van der Waals surface area contributed by atoms with Crippen molar-refractivity contribution in [2.24, 2.45) is 0 Å². The molecule has 2 rings (SSSR count). The molecule has 1 aliphatic heterocycles. The third-order valence-corrected chi connectivity index (χ3v) is 4.87. The Hall–Kier alpha value is -1.27. The van der Waals surface area contributed by atoms with Crippen molar-refractivity contribution in [3.8, 4) is 0 Å². The molecule has 1 saturated heterocycles. The Bertz CT molecular complexity index is 491. The maximum absolute atomic E-state index is 13.6. The van der Waals surface area contributed by atoms with Crippen molar-refractivity contribution in [1.29, 1.82) is 0 Å². The van der Waals surface area contributed by atoms with Crippen LogP contribution in [0.2, 0.25) is 0 Å². The van der Waals surface area contributed by atoms with Crippen molar-refractivity contribution >= 4 is 29.0 Å². The van der Waals surface area contributed by atoms with Crippen LogP contribution in [0.3, 0.4) is 0 Å². The molecule has 1 aromatic rings. The normalized spacial score (nSPS) is 20.1. The van der Waals surface area contributed by atoms with E-state index in [2.05, 4.69) is 10.2 Å². The van der Waals surface area contributed by atoms with Crippen molar-refractivity contribution < 1.29 is 9.18 Å². The summed E-state index contributed by atoms with van der Waals surface area (Å²) in [5.74, 6) is 1.49. The second-order valence-electron chi connectivity index (χ2n) is 5.09. The number of nitrogen functional groups attached to an aromatic ring is 1. The number of thioether (sulfide) groups is 1. The topological polar surface area (TPSA) is 58.4 Å². The van der Waals surface area contributed by atoms with Gasteiger partial charge in [-0.2, -0.15) is 11.8 Å². The zero-order valence-electron chi connectivity index (χ0n) is 11.7. The van der Waals surface area contributed by atoms with Gasteiger partial charge in [0.2, 0.25) is 5.91 Å². The Morgan fingerprint density at radius 3 is 3.00 bits per heavy atom. The lowest BCUT2D eigenvalue weighted by Gasteiger charge is -2.29. The highest BCUT2D eigenvalue weighted by molar-refractivity contribution is 7.99. The minimum Gasteiger partial charge on any atom is -0.399 e. The van der Waals surface area contributed by atoms with Crippen LogP contribution >= 0.6 is 11.8 Å². The lowest BCUT2D eigenvalue weighted by molar-refractivity contribution is -0.120. The van der Waals surface area contributed by atoms with Crippen LogP contribution in [0.5, 0.6) is 0 Å². The summed E-state index contributed by atoms with van der Waals surface area (Å²) in [4.78, 5) is 14.3. The molecule has 0 saturated carbocycles. The number of carbonyl (C=O) groups is 1. The van der Waals surface area contributed by atoms with Crippen LogP contribution < -0.4 is 11.1 Å². The largest absolute Gasteiger partial charge is 0.399 e. The molecule has 0 bridgehead atoms. The molecule has 2 unspecified atom stereocenters. The zero-order valence-corrected chi connectivity index (χ0v) is 12.5. The molecule has 1 heterocycles. The van der Waals surface area contributed by atoms with Gasteiger partial charge in [-0.05, 0) is 44.3 Å². The van der Waals surface area contributed by atoms with Gasteiger partial charge < -0.3 is 11.1 Å². The Morgan fingerprint density at radius 1 is 1.60 bits per heavy atom. The summed E-state index contributed by atoms with van der Waals surface area (Å²) >= 11 is 1.90. The van der Waals surface area contributed by atoms with Crippen molar-refractivity contribution in [2.45, 2.75) is 25.4 Å². The third kappa shape index (κ3) is 3.43. The fourth-order valence-electron chi connectivity index (χ4n) is 2.22. The van der Waals surface area contributed by atoms with Crippen LogP contribution in [0.15, 0.2) is 18.2 Å². The van der Waals surface area contributed by atoms with Crippen LogP contribution in [-0.2, 0) is 4.79 Å². The molecule has 1 aromatic carbocycles. The van der Waals surface area contributed by atoms with Crippen LogP contribution in [0.1, 0.15) is 13.3 Å². The van der Waals surface area contributed by atoms with Crippen LogP contribution in [-0.4, -0.2) is 41.4 Å². The maximum atomic E-state index is 13.6. The number of halogens is 1. The van der Waals surface area contributed by atoms with Gasteiger partial charge in [-0.3, -0.25) is 9.69 Å². The van der Waals surface area contributed by atoms with Crippen LogP contribution in [0, 0.1) is 5.82 Å². The van der Waals surface area contributed by atoms with E-state index in [4.69, 9.17) is 5.73 Å². The van der Waals surface area contributed by atoms with Gasteiger partial charge in [0.15, 0.2) is 0 Å². The number of benzene rings is 1. The van der Waals surface area contributed by atoms with Crippen molar-refractivity contribution in [1.82, 2.24) is 4.90 Å². The Balaban J connectivity index is 2.01. The average Bonchev–Trinajstić information content (AvgIpc) is 2.95. The van der Waals surface area contributed by atoms with Gasteiger partial charge in [0, 0.05) is 17.5 Å². The fourth-order valence-corrected chi connectivity index (χ4v) is 3.50. The van der Waals surface area contributed by atoms with E-state index in [1.807, 2.05) is 25.7 Å². The summed E-state index contributed by atoms with van der Waals surface area (Å²) in [6, 6.07) is 4.26. The van der Waals surface area contributed by atoms with E-state index >= 15 is 0 Å². The second kappa shape index (κ2) is 6.45. The molecule has 4 nitrogen and oxygen atoms in total. The summed E-state index contributed by atoms with van der Waals surface area (Å²) in [5.41, 5.74) is 6.17. The summed E-state index contributed by atoms with van der Waals surface area (Å²) in [5, 5.41) is 2.61. The molecule has 3 N–H and O–H groups in total. The number of nitrogens with two attached hydrogens (primary N) is 1. The smallest absolute Gasteiger partial charge is 0.241 e. The number of nitrogens with zero attached hydrogens (tertiary/aromatic N) is 1. The molecule has 6 heteroatoms. The zero-order chi connectivity index (χ0) is 14.7. The molecule has 0 radical (unpaired) electrons. The molecule has 2 atom stereocenters.